The fourth-order valence-corrected chi connectivity index (χ4v) is 3.00. The van der Waals surface area contributed by atoms with Crippen LogP contribution in [0.15, 0.2) is 6.33 Å². The molecule has 0 aromatic carbocycles. The molecule has 110 valence electrons. The largest absolute Gasteiger partial charge is 0.444 e. The van der Waals surface area contributed by atoms with Gasteiger partial charge in [0.1, 0.15) is 6.10 Å². The number of imidazole rings is 1. The molecule has 1 aromatic rings. The van der Waals surface area contributed by atoms with Crippen LogP contribution in [0.1, 0.15) is 37.7 Å². The summed E-state index contributed by atoms with van der Waals surface area (Å²) < 4.78 is 10.8. The van der Waals surface area contributed by atoms with E-state index >= 15 is 0 Å². The Balaban J connectivity index is 1.76. The summed E-state index contributed by atoms with van der Waals surface area (Å²) in [7, 11) is 0. The molecule has 2 unspecified atom stereocenters. The van der Waals surface area contributed by atoms with E-state index in [0.29, 0.717) is 25.7 Å². The lowest BCUT2D eigenvalue weighted by atomic mass is 9.94. The maximum atomic E-state index is 12.4. The Bertz CT molecular complexity index is 480. The third kappa shape index (κ3) is 2.40. The average Bonchev–Trinajstić information content (AvgIpc) is 3.06. The first-order chi connectivity index (χ1) is 9.66. The third-order valence-corrected chi connectivity index (χ3v) is 3.99. The first-order valence-electron chi connectivity index (χ1n) is 7.24. The number of rotatable bonds is 2. The third-order valence-electron chi connectivity index (χ3n) is 3.99. The fourth-order valence-electron chi connectivity index (χ4n) is 3.00. The van der Waals surface area contributed by atoms with E-state index in [9.17, 15) is 4.79 Å². The van der Waals surface area contributed by atoms with Crippen LogP contribution in [0, 0.1) is 5.92 Å². The predicted molar refractivity (Wildman–Crippen MR) is 72.3 cm³/mol. The molecule has 3 rings (SSSR count). The van der Waals surface area contributed by atoms with E-state index in [0.717, 1.165) is 24.2 Å². The Hall–Kier alpha value is -1.56. The quantitative estimate of drug-likeness (QED) is 0.897. The summed E-state index contributed by atoms with van der Waals surface area (Å²) in [6, 6.07) is -0.0141. The lowest BCUT2D eigenvalue weighted by Crippen LogP contribution is -2.43. The molecule has 1 amide bonds. The van der Waals surface area contributed by atoms with Crippen LogP contribution in [0.2, 0.25) is 0 Å². The summed E-state index contributed by atoms with van der Waals surface area (Å²) in [5.41, 5.74) is 2.11. The topological polar surface area (TPSA) is 67.5 Å². The molecule has 1 N–H and O–H groups in total. The predicted octanol–water partition coefficient (Wildman–Crippen LogP) is 1.89. The van der Waals surface area contributed by atoms with Gasteiger partial charge in [0.15, 0.2) is 0 Å². The number of carbonyl (C=O) groups is 1. The maximum absolute atomic E-state index is 12.4. The van der Waals surface area contributed by atoms with E-state index in [1.165, 1.54) is 0 Å². The molecule has 0 radical (unpaired) electrons. The van der Waals surface area contributed by atoms with Gasteiger partial charge in [0.05, 0.1) is 31.3 Å². The van der Waals surface area contributed by atoms with Gasteiger partial charge in [-0.15, -0.1) is 0 Å². The summed E-state index contributed by atoms with van der Waals surface area (Å²) in [5.74, 6) is 0.296. The Kier molecular flexibility index (Phi) is 3.65. The molecule has 2 atom stereocenters. The molecule has 20 heavy (non-hydrogen) atoms. The molecule has 0 saturated carbocycles. The molecular weight excluding hydrogens is 258 g/mol. The van der Waals surface area contributed by atoms with Crippen LogP contribution >= 0.6 is 0 Å². The second kappa shape index (κ2) is 5.44. The normalized spacial score (nSPS) is 25.9. The van der Waals surface area contributed by atoms with Crippen molar-refractivity contribution in [1.82, 2.24) is 14.9 Å². The second-order valence-corrected chi connectivity index (χ2v) is 5.77. The van der Waals surface area contributed by atoms with Crippen LogP contribution in [-0.4, -0.2) is 46.8 Å². The molecule has 1 aromatic heterocycles. The van der Waals surface area contributed by atoms with Crippen LogP contribution < -0.4 is 0 Å². The highest BCUT2D eigenvalue weighted by atomic mass is 16.6. The molecule has 6 nitrogen and oxygen atoms in total. The first kappa shape index (κ1) is 13.4. The van der Waals surface area contributed by atoms with Crippen molar-refractivity contribution in [3.05, 3.63) is 17.7 Å². The summed E-state index contributed by atoms with van der Waals surface area (Å²) in [6.45, 7) is 6.07. The van der Waals surface area contributed by atoms with Gasteiger partial charge in [0, 0.05) is 25.1 Å². The van der Waals surface area contributed by atoms with Gasteiger partial charge in [-0.05, 0) is 5.92 Å². The van der Waals surface area contributed by atoms with E-state index in [4.69, 9.17) is 9.47 Å². The minimum Gasteiger partial charge on any atom is -0.444 e. The van der Waals surface area contributed by atoms with Gasteiger partial charge >= 0.3 is 6.09 Å². The van der Waals surface area contributed by atoms with Crippen LogP contribution in [-0.2, 0) is 15.9 Å². The Labute approximate surface area is 118 Å². The molecule has 3 heterocycles. The Morgan fingerprint density at radius 3 is 3.15 bits per heavy atom. The molecule has 0 bridgehead atoms. The summed E-state index contributed by atoms with van der Waals surface area (Å²) >= 11 is 0. The zero-order chi connectivity index (χ0) is 14.1. The number of amides is 1. The number of aromatic nitrogens is 2. The summed E-state index contributed by atoms with van der Waals surface area (Å²) in [6.07, 6.45) is 2.96. The highest BCUT2D eigenvalue weighted by Crippen LogP contribution is 2.33. The van der Waals surface area contributed by atoms with Gasteiger partial charge in [-0.2, -0.15) is 0 Å². The molecule has 1 saturated heterocycles. The van der Waals surface area contributed by atoms with Crippen molar-refractivity contribution in [2.24, 2.45) is 5.92 Å². The number of hydrogen-bond acceptors (Lipinski definition) is 4. The van der Waals surface area contributed by atoms with Crippen LogP contribution in [0.4, 0.5) is 4.79 Å². The zero-order valence-corrected chi connectivity index (χ0v) is 12.0. The molecule has 6 heteroatoms. The summed E-state index contributed by atoms with van der Waals surface area (Å²) in [5, 5.41) is 0. The minimum absolute atomic E-state index is 0.0141. The zero-order valence-electron chi connectivity index (χ0n) is 12.0. The summed E-state index contributed by atoms with van der Waals surface area (Å²) in [4.78, 5) is 21.8. The maximum Gasteiger partial charge on any atom is 0.410 e. The van der Waals surface area contributed by atoms with Crippen molar-refractivity contribution in [3.8, 4) is 0 Å². The standard InChI is InChI=1S/C14H21N3O3/c1-9(2)13-12-11(15-8-16-12)3-5-17(13)14(18)20-10-4-6-19-7-10/h8-10,13H,3-7H2,1-2H3,(H,15,16). The monoisotopic (exact) mass is 279 g/mol. The van der Waals surface area contributed by atoms with Gasteiger partial charge in [-0.25, -0.2) is 9.78 Å². The van der Waals surface area contributed by atoms with Crippen molar-refractivity contribution in [2.75, 3.05) is 19.8 Å². The molecule has 2 aliphatic rings. The van der Waals surface area contributed by atoms with Gasteiger partial charge in [-0.3, -0.25) is 4.90 Å². The lowest BCUT2D eigenvalue weighted by Gasteiger charge is -2.36. The van der Waals surface area contributed by atoms with Crippen LogP contribution in [0.5, 0.6) is 0 Å². The minimum atomic E-state index is -0.243. The number of fused-ring (bicyclic) bond motifs is 1. The van der Waals surface area contributed by atoms with Gasteiger partial charge in [0.25, 0.3) is 0 Å². The lowest BCUT2D eigenvalue weighted by molar-refractivity contribution is 0.0344. The first-order valence-corrected chi connectivity index (χ1v) is 7.24. The SMILES string of the molecule is CC(C)C1c2nc[nH]c2CCN1C(=O)OC1CCOC1. The van der Waals surface area contributed by atoms with E-state index < -0.39 is 0 Å². The van der Waals surface area contributed by atoms with Crippen molar-refractivity contribution < 1.29 is 14.3 Å². The Morgan fingerprint density at radius 2 is 2.45 bits per heavy atom. The Morgan fingerprint density at radius 1 is 1.60 bits per heavy atom. The smallest absolute Gasteiger partial charge is 0.410 e. The van der Waals surface area contributed by atoms with Crippen LogP contribution in [0.3, 0.4) is 0 Å². The molecule has 0 spiro atoms. The molecule has 1 fully saturated rings. The molecule has 2 aliphatic heterocycles. The van der Waals surface area contributed by atoms with E-state index in [-0.39, 0.29) is 18.2 Å². The van der Waals surface area contributed by atoms with Crippen molar-refractivity contribution in [3.63, 3.8) is 0 Å². The van der Waals surface area contributed by atoms with Crippen LogP contribution in [0.25, 0.3) is 0 Å². The van der Waals surface area contributed by atoms with Gasteiger partial charge < -0.3 is 14.5 Å². The van der Waals surface area contributed by atoms with Crippen molar-refractivity contribution in [2.45, 2.75) is 38.8 Å². The average molecular weight is 279 g/mol. The molecular formula is C14H21N3O3. The number of carbonyl (C=O) groups excluding carboxylic acids is 1. The van der Waals surface area contributed by atoms with Gasteiger partial charge in [-0.1, -0.05) is 13.8 Å². The highest BCUT2D eigenvalue weighted by molar-refractivity contribution is 5.69. The van der Waals surface area contributed by atoms with E-state index in [2.05, 4.69) is 23.8 Å². The number of aromatic amines is 1. The number of nitrogens with one attached hydrogen (secondary N) is 1. The van der Waals surface area contributed by atoms with Crippen molar-refractivity contribution >= 4 is 6.09 Å². The number of H-pyrrole nitrogens is 1. The fraction of sp³-hybridized carbons (Fsp3) is 0.714. The highest BCUT2D eigenvalue weighted by Gasteiger charge is 2.36. The van der Waals surface area contributed by atoms with Crippen molar-refractivity contribution in [1.29, 1.82) is 0 Å². The number of hydrogen-bond donors (Lipinski definition) is 1. The van der Waals surface area contributed by atoms with Gasteiger partial charge in [0.2, 0.25) is 0 Å². The number of ether oxygens (including phenoxy) is 2. The van der Waals surface area contributed by atoms with E-state index in [1.807, 2.05) is 4.90 Å². The number of nitrogens with zero attached hydrogens (tertiary/aromatic N) is 2. The second-order valence-electron chi connectivity index (χ2n) is 5.77. The molecule has 0 aliphatic carbocycles. The van der Waals surface area contributed by atoms with E-state index in [1.54, 1.807) is 6.33 Å².